The first kappa shape index (κ1) is 38.1. The van der Waals surface area contributed by atoms with Gasteiger partial charge in [0, 0.05) is 38.3 Å². The Morgan fingerprint density at radius 3 is 1.36 bits per heavy atom. The van der Waals surface area contributed by atoms with Crippen molar-refractivity contribution in [2.24, 2.45) is 0 Å². The van der Waals surface area contributed by atoms with Crippen LogP contribution in [0.5, 0.6) is 0 Å². The maximum absolute atomic E-state index is 11.1. The van der Waals surface area contributed by atoms with E-state index in [4.69, 9.17) is 9.47 Å². The van der Waals surface area contributed by atoms with Crippen LogP contribution in [0.15, 0.2) is 25.3 Å². The number of hydrogen-bond acceptors (Lipinski definition) is 8. The Hall–Kier alpha value is -2.17. The van der Waals surface area contributed by atoms with Gasteiger partial charge in [-0.3, -0.25) is 45.9 Å². The van der Waals surface area contributed by atoms with Gasteiger partial charge in [-0.25, -0.2) is 9.59 Å². The van der Waals surface area contributed by atoms with E-state index in [1.165, 1.54) is 12.2 Å². The number of ether oxygens (including phenoxy) is 2. The molecule has 2 heterocycles. The predicted molar refractivity (Wildman–Crippen MR) is 103 cm³/mol. The summed E-state index contributed by atoms with van der Waals surface area (Å²) in [5.74, 6) is -0.791. The SMILES string of the molecule is C=CC(=O)OCN1CCN(CN2CCN(COC(=O)C=C)C2)C1.F.FB(F)F.F[B]F.[F-].[F-]. The average Bonchev–Trinajstić information content (AvgIpc) is 3.34. The molecule has 0 aromatic rings. The highest BCUT2D eigenvalue weighted by atomic mass is 19.4. The van der Waals surface area contributed by atoms with Crippen molar-refractivity contribution in [2.45, 2.75) is 0 Å². The van der Waals surface area contributed by atoms with E-state index >= 15 is 0 Å². The van der Waals surface area contributed by atoms with E-state index in [9.17, 15) is 31.2 Å². The van der Waals surface area contributed by atoms with E-state index in [1.807, 2.05) is 0 Å². The second-order valence-electron chi connectivity index (χ2n) is 5.93. The summed E-state index contributed by atoms with van der Waals surface area (Å²) in [5, 5.41) is 0. The largest absolute Gasteiger partial charge is 1.00 e. The smallest absolute Gasteiger partial charge is 0.762 e. The van der Waals surface area contributed by atoms with Gasteiger partial charge < -0.3 is 18.9 Å². The Morgan fingerprint density at radius 2 is 1.09 bits per heavy atom. The summed E-state index contributed by atoms with van der Waals surface area (Å²) in [4.78, 5) is 30.8. The van der Waals surface area contributed by atoms with Gasteiger partial charge >= 0.3 is 27.3 Å². The third-order valence-corrected chi connectivity index (χ3v) is 3.78. The topological polar surface area (TPSA) is 65.6 Å². The van der Waals surface area contributed by atoms with E-state index < -0.39 is 27.3 Å². The number of nitrogens with zero attached hydrogens (tertiary/aromatic N) is 4. The molecule has 2 saturated heterocycles. The first-order valence-corrected chi connectivity index (χ1v) is 8.67. The lowest BCUT2D eigenvalue weighted by atomic mass is 10.5. The van der Waals surface area contributed by atoms with Crippen LogP contribution in [0.2, 0.25) is 0 Å². The van der Waals surface area contributed by atoms with E-state index in [-0.39, 0.29) is 14.1 Å². The van der Waals surface area contributed by atoms with E-state index in [1.54, 1.807) is 0 Å². The highest BCUT2D eigenvalue weighted by molar-refractivity contribution is 6.33. The molecule has 0 aromatic carbocycles. The van der Waals surface area contributed by atoms with Gasteiger partial charge in [0.1, 0.15) is 13.5 Å². The molecule has 0 atom stereocenters. The second kappa shape index (κ2) is 23.0. The molecule has 2 aliphatic rings. The van der Waals surface area contributed by atoms with Crippen molar-refractivity contribution in [2.75, 3.05) is 59.6 Å². The number of halogens is 8. The predicted octanol–water partition coefficient (Wildman–Crippen LogP) is -5.03. The monoisotopic (exact) mass is 499 g/mol. The van der Waals surface area contributed by atoms with Crippen LogP contribution in [0, 0.1) is 0 Å². The lowest BCUT2D eigenvalue weighted by molar-refractivity contribution is -0.142. The molecule has 2 aliphatic heterocycles. The van der Waals surface area contributed by atoms with Crippen LogP contribution in [0.25, 0.3) is 0 Å². The molecule has 2 fully saturated rings. The summed E-state index contributed by atoms with van der Waals surface area (Å²) in [6.45, 7) is 13.4. The zero-order chi connectivity index (χ0) is 22.9. The van der Waals surface area contributed by atoms with Crippen LogP contribution in [-0.2, 0) is 19.1 Å². The molecule has 1 radical (unpaired) electrons. The maximum atomic E-state index is 11.1. The quantitative estimate of drug-likeness (QED) is 0.143. The van der Waals surface area contributed by atoms with Gasteiger partial charge in [-0.2, -0.15) is 0 Å². The fraction of sp³-hybridized carbons (Fsp3) is 0.600. The second-order valence-corrected chi connectivity index (χ2v) is 5.93. The zero-order valence-corrected chi connectivity index (χ0v) is 17.6. The molecule has 0 bridgehead atoms. The maximum Gasteiger partial charge on any atom is 0.762 e. The average molecular weight is 499 g/mol. The molecule has 0 aromatic heterocycles. The van der Waals surface area contributed by atoms with Gasteiger partial charge in [0.25, 0.3) is 0 Å². The van der Waals surface area contributed by atoms with Crippen molar-refractivity contribution in [3.63, 3.8) is 0 Å². The van der Waals surface area contributed by atoms with Gasteiger partial charge in [-0.15, -0.1) is 0 Å². The Balaban J connectivity index is -0.000000373. The molecule has 0 N–H and O–H groups in total. The number of hydrogen-bond donors (Lipinski definition) is 0. The van der Waals surface area contributed by atoms with Gasteiger partial charge in [0.05, 0.1) is 20.0 Å². The standard InChI is InChI=1S/C15H24N4O4.BF3.BF2.3FH/c1-3-14(20)22-12-18-7-5-16(10-18)9-17-6-8-19(11-17)13-23-15(21)4-2;2-1(3)4;2-1-3;;;/h3-4H,1-2,5-13H2;;;3*1H/p-2. The number of rotatable bonds is 8. The fourth-order valence-corrected chi connectivity index (χ4v) is 2.57. The van der Waals surface area contributed by atoms with Crippen molar-refractivity contribution in [1.82, 2.24) is 19.6 Å². The van der Waals surface area contributed by atoms with Crippen LogP contribution in [0.3, 0.4) is 0 Å². The summed E-state index contributed by atoms with van der Waals surface area (Å²) in [5.41, 5.74) is 0. The molecule has 2 rings (SSSR count). The first-order chi connectivity index (χ1) is 14.2. The summed E-state index contributed by atoms with van der Waals surface area (Å²) in [6, 6.07) is 0. The molecule has 0 amide bonds. The van der Waals surface area contributed by atoms with Crippen LogP contribution < -0.4 is 9.41 Å². The van der Waals surface area contributed by atoms with E-state index in [0.29, 0.717) is 13.5 Å². The zero-order valence-electron chi connectivity index (χ0n) is 17.6. The van der Waals surface area contributed by atoms with Crippen LogP contribution in [0.1, 0.15) is 0 Å². The van der Waals surface area contributed by atoms with Crippen molar-refractivity contribution in [3.05, 3.63) is 25.3 Å². The molecule has 0 aliphatic carbocycles. The minimum Gasteiger partial charge on any atom is -1.00 e. The third kappa shape index (κ3) is 20.2. The number of carbonyl (C=O) groups excluding carboxylic acids is 2. The molecular weight excluding hydrogens is 474 g/mol. The molecule has 0 saturated carbocycles. The summed E-state index contributed by atoms with van der Waals surface area (Å²) >= 11 is 0. The molecule has 0 spiro atoms. The van der Waals surface area contributed by atoms with Gasteiger partial charge in [-0.05, 0) is 0 Å². The van der Waals surface area contributed by atoms with E-state index in [2.05, 4.69) is 32.8 Å². The molecule has 193 valence electrons. The molecule has 8 nitrogen and oxygen atoms in total. The van der Waals surface area contributed by atoms with Crippen molar-refractivity contribution in [3.8, 4) is 0 Å². The van der Waals surface area contributed by atoms with Gasteiger partial charge in [0.15, 0.2) is 0 Å². The fourth-order valence-electron chi connectivity index (χ4n) is 2.57. The Kier molecular flexibility index (Phi) is 26.6. The minimum atomic E-state index is -3.67. The van der Waals surface area contributed by atoms with Crippen LogP contribution in [0.4, 0.5) is 26.3 Å². The Labute approximate surface area is 187 Å². The normalized spacial score (nSPS) is 15.5. The molecule has 18 heteroatoms. The first-order valence-electron chi connectivity index (χ1n) is 8.67. The molecule has 0 unspecified atom stereocenters. The van der Waals surface area contributed by atoms with Crippen LogP contribution >= 0.6 is 0 Å². The van der Waals surface area contributed by atoms with Gasteiger partial charge in [-0.1, -0.05) is 13.2 Å². The lowest BCUT2D eigenvalue weighted by Crippen LogP contribution is -3.00. The van der Waals surface area contributed by atoms with Crippen molar-refractivity contribution in [1.29, 1.82) is 0 Å². The molecular formula is C15H25B2F8N4O4-2. The van der Waals surface area contributed by atoms with Gasteiger partial charge in [0.2, 0.25) is 0 Å². The minimum absolute atomic E-state index is 0. The number of esters is 2. The highest BCUT2D eigenvalue weighted by Crippen LogP contribution is 2.10. The number of carbonyl (C=O) groups is 2. The summed E-state index contributed by atoms with van der Waals surface area (Å²) in [6.07, 6.45) is 2.34. The molecule has 33 heavy (non-hydrogen) atoms. The van der Waals surface area contributed by atoms with Crippen molar-refractivity contribution < 1.29 is 54.8 Å². The highest BCUT2D eigenvalue weighted by Gasteiger charge is 2.26. The lowest BCUT2D eigenvalue weighted by Gasteiger charge is -2.24. The Bertz CT molecular complexity index is 503. The summed E-state index contributed by atoms with van der Waals surface area (Å²) < 4.78 is 58.1. The van der Waals surface area contributed by atoms with Crippen LogP contribution in [-0.4, -0.2) is 107 Å². The Morgan fingerprint density at radius 1 is 0.818 bits per heavy atom. The van der Waals surface area contributed by atoms with Crippen molar-refractivity contribution >= 4 is 27.3 Å². The third-order valence-electron chi connectivity index (χ3n) is 3.78. The summed E-state index contributed by atoms with van der Waals surface area (Å²) in [7, 11) is -4.67. The van der Waals surface area contributed by atoms with E-state index in [0.717, 1.165) is 46.2 Å².